The maximum absolute atomic E-state index is 11.3. The summed E-state index contributed by atoms with van der Waals surface area (Å²) in [6, 6.07) is 0. The van der Waals surface area contributed by atoms with Crippen LogP contribution in [0.2, 0.25) is 0 Å². The lowest BCUT2D eigenvalue weighted by Gasteiger charge is -2.03. The molecule has 0 amide bonds. The summed E-state index contributed by atoms with van der Waals surface area (Å²) < 4.78 is 5.35. The van der Waals surface area contributed by atoms with Gasteiger partial charge in [-0.05, 0) is 12.8 Å². The van der Waals surface area contributed by atoms with Crippen molar-refractivity contribution < 1.29 is 9.84 Å². The van der Waals surface area contributed by atoms with E-state index < -0.39 is 17.1 Å². The van der Waals surface area contributed by atoms with Crippen LogP contribution < -0.4 is 11.2 Å². The van der Waals surface area contributed by atoms with Crippen LogP contribution in [0.4, 0.5) is 0 Å². The van der Waals surface area contributed by atoms with Crippen molar-refractivity contribution in [3.63, 3.8) is 0 Å². The lowest BCUT2D eigenvalue weighted by Crippen LogP contribution is -2.25. The smallest absolute Gasteiger partial charge is 0.328 e. The molecule has 17 heavy (non-hydrogen) atoms. The minimum atomic E-state index is -0.747. The molecule has 1 fully saturated rings. The number of hydrogen-bond acceptors (Lipinski definition) is 5. The van der Waals surface area contributed by atoms with Gasteiger partial charge in [-0.25, -0.2) is 4.79 Å². The SMILES string of the molecule is O=c1[nH]c(O)c(C=NC[C@@H]2CCCO2)c(=O)[nH]1. The van der Waals surface area contributed by atoms with Crippen molar-refractivity contribution in [2.24, 2.45) is 4.99 Å². The molecule has 1 aromatic rings. The standard InChI is InChI=1S/C10H13N3O4/c14-8-7(9(15)13-10(16)12-8)5-11-4-6-2-1-3-17-6/h5-6H,1-4H2,(H3,12,13,14,15,16)/t6-/m0/s1. The Hall–Kier alpha value is -1.89. The van der Waals surface area contributed by atoms with E-state index in [4.69, 9.17) is 4.74 Å². The molecule has 0 aromatic carbocycles. The van der Waals surface area contributed by atoms with Crippen LogP contribution in [0.1, 0.15) is 18.4 Å². The highest BCUT2D eigenvalue weighted by Crippen LogP contribution is 2.11. The first-order valence-corrected chi connectivity index (χ1v) is 5.34. The molecule has 92 valence electrons. The molecule has 1 aromatic heterocycles. The number of ether oxygens (including phenoxy) is 1. The molecule has 0 unspecified atom stereocenters. The predicted octanol–water partition coefficient (Wildman–Crippen LogP) is -0.633. The molecule has 0 aliphatic carbocycles. The van der Waals surface area contributed by atoms with Crippen molar-refractivity contribution in [2.45, 2.75) is 18.9 Å². The molecule has 1 aliphatic heterocycles. The van der Waals surface area contributed by atoms with Gasteiger partial charge in [0, 0.05) is 12.8 Å². The van der Waals surface area contributed by atoms with E-state index in [1.807, 2.05) is 4.98 Å². The summed E-state index contributed by atoms with van der Waals surface area (Å²) in [5, 5.41) is 9.37. The van der Waals surface area contributed by atoms with Crippen LogP contribution in [0.25, 0.3) is 0 Å². The van der Waals surface area contributed by atoms with Crippen LogP contribution in [0.5, 0.6) is 5.88 Å². The largest absolute Gasteiger partial charge is 0.494 e. The molecule has 3 N–H and O–H groups in total. The highest BCUT2D eigenvalue weighted by Gasteiger charge is 2.14. The Morgan fingerprint density at radius 1 is 1.47 bits per heavy atom. The third kappa shape index (κ3) is 2.82. The van der Waals surface area contributed by atoms with Crippen LogP contribution >= 0.6 is 0 Å². The van der Waals surface area contributed by atoms with Crippen LogP contribution in [0.3, 0.4) is 0 Å². The highest BCUT2D eigenvalue weighted by molar-refractivity contribution is 5.81. The van der Waals surface area contributed by atoms with E-state index in [0.29, 0.717) is 6.54 Å². The molecule has 7 nitrogen and oxygen atoms in total. The van der Waals surface area contributed by atoms with E-state index in [0.717, 1.165) is 19.4 Å². The van der Waals surface area contributed by atoms with Crippen LogP contribution in [-0.2, 0) is 4.74 Å². The number of hydrogen-bond donors (Lipinski definition) is 3. The van der Waals surface area contributed by atoms with Crippen molar-refractivity contribution in [1.82, 2.24) is 9.97 Å². The first kappa shape index (κ1) is 11.6. The summed E-state index contributed by atoms with van der Waals surface area (Å²) in [5.74, 6) is -0.477. The summed E-state index contributed by atoms with van der Waals surface area (Å²) in [6.45, 7) is 1.18. The molecule has 2 heterocycles. The number of aromatic amines is 2. The van der Waals surface area contributed by atoms with E-state index >= 15 is 0 Å². The van der Waals surface area contributed by atoms with Crippen LogP contribution in [-0.4, -0.2) is 40.5 Å². The number of aromatic hydroxyl groups is 1. The van der Waals surface area contributed by atoms with Gasteiger partial charge in [0.1, 0.15) is 5.56 Å². The van der Waals surface area contributed by atoms with Gasteiger partial charge >= 0.3 is 5.69 Å². The maximum Gasteiger partial charge on any atom is 0.328 e. The number of H-pyrrole nitrogens is 2. The highest BCUT2D eigenvalue weighted by atomic mass is 16.5. The quantitative estimate of drug-likeness (QED) is 0.610. The molecule has 1 aliphatic rings. The number of nitrogens with one attached hydrogen (secondary N) is 2. The van der Waals surface area contributed by atoms with Gasteiger partial charge in [0.25, 0.3) is 5.56 Å². The summed E-state index contributed by atoms with van der Waals surface area (Å²) in [7, 11) is 0. The van der Waals surface area contributed by atoms with Crippen LogP contribution in [0, 0.1) is 0 Å². The van der Waals surface area contributed by atoms with Crippen molar-refractivity contribution in [3.05, 3.63) is 26.4 Å². The van der Waals surface area contributed by atoms with Crippen LogP contribution in [0.15, 0.2) is 14.6 Å². The summed E-state index contributed by atoms with van der Waals surface area (Å²) in [4.78, 5) is 30.3. The fourth-order valence-corrected chi connectivity index (χ4v) is 1.65. The van der Waals surface area contributed by atoms with Gasteiger partial charge in [-0.1, -0.05) is 0 Å². The number of aliphatic imine (C=N–C) groups is 1. The molecule has 0 bridgehead atoms. The van der Waals surface area contributed by atoms with Gasteiger partial charge in [-0.2, -0.15) is 0 Å². The third-order valence-corrected chi connectivity index (χ3v) is 2.51. The normalized spacial score (nSPS) is 20.1. The van der Waals surface area contributed by atoms with Crippen molar-refractivity contribution in [2.75, 3.05) is 13.2 Å². The third-order valence-electron chi connectivity index (χ3n) is 2.51. The van der Waals surface area contributed by atoms with Crippen molar-refractivity contribution in [3.8, 4) is 5.88 Å². The molecular weight excluding hydrogens is 226 g/mol. The maximum atomic E-state index is 11.3. The lowest BCUT2D eigenvalue weighted by molar-refractivity contribution is 0.118. The lowest BCUT2D eigenvalue weighted by atomic mass is 10.2. The molecule has 7 heteroatoms. The molecule has 1 atom stereocenters. The Morgan fingerprint density at radius 3 is 2.94 bits per heavy atom. The Labute approximate surface area is 96.2 Å². The first-order valence-electron chi connectivity index (χ1n) is 5.34. The average Bonchev–Trinajstić information content (AvgIpc) is 2.74. The van der Waals surface area contributed by atoms with Crippen molar-refractivity contribution >= 4 is 6.21 Å². The summed E-state index contributed by atoms with van der Waals surface area (Å²) in [5.41, 5.74) is -1.46. The topological polar surface area (TPSA) is 108 Å². The summed E-state index contributed by atoms with van der Waals surface area (Å²) in [6.07, 6.45) is 3.29. The molecule has 0 saturated carbocycles. The predicted molar refractivity (Wildman–Crippen MR) is 60.8 cm³/mol. The second kappa shape index (κ2) is 4.96. The van der Waals surface area contributed by atoms with Gasteiger partial charge < -0.3 is 9.84 Å². The number of nitrogens with zero attached hydrogens (tertiary/aromatic N) is 1. The van der Waals surface area contributed by atoms with E-state index in [1.54, 1.807) is 0 Å². The molecule has 0 radical (unpaired) electrons. The van der Waals surface area contributed by atoms with Gasteiger partial charge in [0.15, 0.2) is 0 Å². The monoisotopic (exact) mass is 239 g/mol. The minimum absolute atomic E-state index is 0.0532. The minimum Gasteiger partial charge on any atom is -0.494 e. The zero-order chi connectivity index (χ0) is 12.3. The molecule has 0 spiro atoms. The zero-order valence-corrected chi connectivity index (χ0v) is 9.10. The van der Waals surface area contributed by atoms with E-state index in [-0.39, 0.29) is 11.7 Å². The second-order valence-corrected chi connectivity index (χ2v) is 3.80. The molecule has 1 saturated heterocycles. The fourth-order valence-electron chi connectivity index (χ4n) is 1.65. The Balaban J connectivity index is 2.10. The van der Waals surface area contributed by atoms with Gasteiger partial charge in [-0.15, -0.1) is 0 Å². The Morgan fingerprint density at radius 2 is 2.29 bits per heavy atom. The van der Waals surface area contributed by atoms with Gasteiger partial charge in [0.05, 0.1) is 12.6 Å². The van der Waals surface area contributed by atoms with Gasteiger partial charge in [0.2, 0.25) is 5.88 Å². The van der Waals surface area contributed by atoms with E-state index in [2.05, 4.69) is 9.98 Å². The number of rotatable bonds is 3. The zero-order valence-electron chi connectivity index (χ0n) is 9.10. The first-order chi connectivity index (χ1) is 8.16. The average molecular weight is 239 g/mol. The fraction of sp³-hybridized carbons (Fsp3) is 0.500. The molecular formula is C10H13N3O4. The molecule has 2 rings (SSSR count). The Bertz CT molecular complexity index is 525. The van der Waals surface area contributed by atoms with Gasteiger partial charge in [-0.3, -0.25) is 19.8 Å². The summed E-state index contributed by atoms with van der Waals surface area (Å²) >= 11 is 0. The second-order valence-electron chi connectivity index (χ2n) is 3.80. The number of aromatic nitrogens is 2. The van der Waals surface area contributed by atoms with Crippen molar-refractivity contribution in [1.29, 1.82) is 0 Å². The van der Waals surface area contributed by atoms with E-state index in [9.17, 15) is 14.7 Å². The Kier molecular flexibility index (Phi) is 3.38. The van der Waals surface area contributed by atoms with E-state index in [1.165, 1.54) is 6.21 Å².